The van der Waals surface area contributed by atoms with E-state index >= 15 is 0 Å². The minimum Gasteiger partial charge on any atom is -0.377 e. The van der Waals surface area contributed by atoms with Crippen molar-refractivity contribution in [2.75, 3.05) is 33.4 Å². The van der Waals surface area contributed by atoms with Gasteiger partial charge in [-0.2, -0.15) is 0 Å². The zero-order valence-electron chi connectivity index (χ0n) is 10.8. The van der Waals surface area contributed by atoms with Crippen molar-refractivity contribution in [2.45, 2.75) is 38.1 Å². The first-order chi connectivity index (χ1) is 8.31. The predicted molar refractivity (Wildman–Crippen MR) is 66.8 cm³/mol. The fraction of sp³-hybridized carbons (Fsp3) is 0.923. The second-order valence-electron chi connectivity index (χ2n) is 5.20. The van der Waals surface area contributed by atoms with Gasteiger partial charge in [0.25, 0.3) is 0 Å². The lowest BCUT2D eigenvalue weighted by molar-refractivity contribution is -0.133. The van der Waals surface area contributed by atoms with Gasteiger partial charge < -0.3 is 15.0 Å². The summed E-state index contributed by atoms with van der Waals surface area (Å²) in [6.07, 6.45) is 6.60. The van der Waals surface area contributed by atoms with E-state index in [0.717, 1.165) is 13.1 Å². The van der Waals surface area contributed by atoms with Crippen LogP contribution in [0, 0.1) is 5.92 Å². The van der Waals surface area contributed by atoms with Crippen LogP contribution in [0.4, 0.5) is 0 Å². The molecule has 1 unspecified atom stereocenters. The van der Waals surface area contributed by atoms with E-state index in [0.29, 0.717) is 19.1 Å². The first-order valence-corrected chi connectivity index (χ1v) is 6.85. The molecule has 0 radical (unpaired) electrons. The van der Waals surface area contributed by atoms with E-state index in [9.17, 15) is 4.79 Å². The molecule has 1 aliphatic heterocycles. The third-order valence-electron chi connectivity index (χ3n) is 3.95. The van der Waals surface area contributed by atoms with E-state index in [2.05, 4.69) is 5.32 Å². The molecule has 1 aliphatic carbocycles. The SMILES string of the molecule is CNC1COCCN(CC2CCCCC2)C1=O. The van der Waals surface area contributed by atoms with Crippen LogP contribution in [0.2, 0.25) is 0 Å². The van der Waals surface area contributed by atoms with Crippen molar-refractivity contribution in [1.82, 2.24) is 10.2 Å². The van der Waals surface area contributed by atoms with Gasteiger partial charge in [-0.1, -0.05) is 19.3 Å². The Morgan fingerprint density at radius 3 is 2.82 bits per heavy atom. The highest BCUT2D eigenvalue weighted by Crippen LogP contribution is 2.24. The Labute approximate surface area is 104 Å². The minimum atomic E-state index is -0.152. The Morgan fingerprint density at radius 2 is 2.12 bits per heavy atom. The van der Waals surface area contributed by atoms with Crippen LogP contribution < -0.4 is 5.32 Å². The number of carbonyl (C=O) groups is 1. The van der Waals surface area contributed by atoms with Gasteiger partial charge in [0.2, 0.25) is 5.91 Å². The van der Waals surface area contributed by atoms with Crippen LogP contribution in [-0.2, 0) is 9.53 Å². The highest BCUT2D eigenvalue weighted by atomic mass is 16.5. The van der Waals surface area contributed by atoms with Gasteiger partial charge in [0, 0.05) is 13.1 Å². The Bertz CT molecular complexity index is 252. The normalized spacial score (nSPS) is 28.2. The van der Waals surface area contributed by atoms with Crippen molar-refractivity contribution in [3.05, 3.63) is 0 Å². The molecular weight excluding hydrogens is 216 g/mol. The number of hydrogen-bond acceptors (Lipinski definition) is 3. The molecule has 1 heterocycles. The molecule has 2 aliphatic rings. The Hall–Kier alpha value is -0.610. The van der Waals surface area contributed by atoms with E-state index < -0.39 is 0 Å². The van der Waals surface area contributed by atoms with Gasteiger partial charge in [0.15, 0.2) is 0 Å². The maximum Gasteiger partial charge on any atom is 0.242 e. The number of nitrogens with one attached hydrogen (secondary N) is 1. The maximum atomic E-state index is 12.2. The van der Waals surface area contributed by atoms with Crippen LogP contribution in [0.5, 0.6) is 0 Å². The smallest absolute Gasteiger partial charge is 0.242 e. The number of nitrogens with zero attached hydrogens (tertiary/aromatic N) is 1. The van der Waals surface area contributed by atoms with Crippen LogP contribution in [0.1, 0.15) is 32.1 Å². The number of carbonyl (C=O) groups excluding carboxylic acids is 1. The topological polar surface area (TPSA) is 41.6 Å². The van der Waals surface area contributed by atoms with Crippen LogP contribution in [0.3, 0.4) is 0 Å². The average molecular weight is 240 g/mol. The van der Waals surface area contributed by atoms with Gasteiger partial charge in [-0.05, 0) is 25.8 Å². The molecule has 0 aromatic heterocycles. The third kappa shape index (κ3) is 3.42. The fourth-order valence-electron chi connectivity index (χ4n) is 2.85. The number of hydrogen-bond donors (Lipinski definition) is 1. The standard InChI is InChI=1S/C13H24N2O2/c1-14-12-10-17-8-7-15(13(12)16)9-11-5-3-2-4-6-11/h11-12,14H,2-10H2,1H3. The van der Waals surface area contributed by atoms with Crippen molar-refractivity contribution in [3.8, 4) is 0 Å². The summed E-state index contributed by atoms with van der Waals surface area (Å²) in [6, 6.07) is -0.152. The molecule has 1 amide bonds. The van der Waals surface area contributed by atoms with Crippen molar-refractivity contribution in [2.24, 2.45) is 5.92 Å². The zero-order chi connectivity index (χ0) is 12.1. The summed E-state index contributed by atoms with van der Waals surface area (Å²) in [5.41, 5.74) is 0. The van der Waals surface area contributed by atoms with Crippen LogP contribution in [-0.4, -0.2) is 50.2 Å². The summed E-state index contributed by atoms with van der Waals surface area (Å²) in [5, 5.41) is 3.04. The monoisotopic (exact) mass is 240 g/mol. The highest BCUT2D eigenvalue weighted by Gasteiger charge is 2.28. The number of amides is 1. The van der Waals surface area contributed by atoms with Gasteiger partial charge >= 0.3 is 0 Å². The van der Waals surface area contributed by atoms with E-state index in [4.69, 9.17) is 4.74 Å². The van der Waals surface area contributed by atoms with E-state index in [1.807, 2.05) is 11.9 Å². The van der Waals surface area contributed by atoms with Gasteiger partial charge in [-0.25, -0.2) is 0 Å². The Kier molecular flexibility index (Phi) is 4.80. The molecule has 98 valence electrons. The molecule has 0 aromatic rings. The Balaban J connectivity index is 1.90. The largest absolute Gasteiger partial charge is 0.377 e. The molecule has 1 N–H and O–H groups in total. The lowest BCUT2D eigenvalue weighted by Crippen LogP contribution is -2.47. The fourth-order valence-corrected chi connectivity index (χ4v) is 2.85. The van der Waals surface area contributed by atoms with Crippen molar-refractivity contribution < 1.29 is 9.53 Å². The lowest BCUT2D eigenvalue weighted by Gasteiger charge is -2.30. The van der Waals surface area contributed by atoms with Crippen LogP contribution >= 0.6 is 0 Å². The average Bonchev–Trinajstić information content (AvgIpc) is 2.54. The van der Waals surface area contributed by atoms with E-state index in [-0.39, 0.29) is 11.9 Å². The summed E-state index contributed by atoms with van der Waals surface area (Å²) >= 11 is 0. The van der Waals surface area contributed by atoms with Crippen LogP contribution in [0.15, 0.2) is 0 Å². The van der Waals surface area contributed by atoms with Crippen molar-refractivity contribution >= 4 is 5.91 Å². The zero-order valence-corrected chi connectivity index (χ0v) is 10.8. The van der Waals surface area contributed by atoms with E-state index in [1.165, 1.54) is 32.1 Å². The van der Waals surface area contributed by atoms with Crippen molar-refractivity contribution in [1.29, 1.82) is 0 Å². The second kappa shape index (κ2) is 6.36. The number of ether oxygens (including phenoxy) is 1. The molecule has 1 saturated heterocycles. The lowest BCUT2D eigenvalue weighted by atomic mass is 9.89. The van der Waals surface area contributed by atoms with E-state index in [1.54, 1.807) is 0 Å². The molecule has 0 spiro atoms. The summed E-state index contributed by atoms with van der Waals surface area (Å²) in [5.74, 6) is 0.930. The number of rotatable bonds is 3. The third-order valence-corrected chi connectivity index (χ3v) is 3.95. The van der Waals surface area contributed by atoms with Gasteiger partial charge in [0.1, 0.15) is 6.04 Å². The number of likely N-dealkylation sites (N-methyl/N-ethyl adjacent to an activating group) is 1. The molecule has 17 heavy (non-hydrogen) atoms. The van der Waals surface area contributed by atoms with Gasteiger partial charge in [-0.15, -0.1) is 0 Å². The summed E-state index contributed by atoms with van der Waals surface area (Å²) in [6.45, 7) is 2.88. The summed E-state index contributed by atoms with van der Waals surface area (Å²) < 4.78 is 5.46. The van der Waals surface area contributed by atoms with Gasteiger partial charge in [0.05, 0.1) is 13.2 Å². The minimum absolute atomic E-state index is 0.152. The highest BCUT2D eigenvalue weighted by molar-refractivity contribution is 5.82. The quantitative estimate of drug-likeness (QED) is 0.800. The molecule has 2 rings (SSSR count). The molecule has 0 bridgehead atoms. The summed E-state index contributed by atoms with van der Waals surface area (Å²) in [4.78, 5) is 14.2. The molecule has 1 saturated carbocycles. The Morgan fingerprint density at radius 1 is 1.35 bits per heavy atom. The predicted octanol–water partition coefficient (Wildman–Crippen LogP) is 1.01. The maximum absolute atomic E-state index is 12.2. The first-order valence-electron chi connectivity index (χ1n) is 6.85. The molecule has 2 fully saturated rings. The molecule has 1 atom stereocenters. The van der Waals surface area contributed by atoms with Crippen molar-refractivity contribution in [3.63, 3.8) is 0 Å². The molecule has 4 heteroatoms. The summed E-state index contributed by atoms with van der Waals surface area (Å²) in [7, 11) is 1.83. The molecule has 0 aromatic carbocycles. The van der Waals surface area contributed by atoms with Gasteiger partial charge in [-0.3, -0.25) is 4.79 Å². The molecular formula is C13H24N2O2. The first kappa shape index (κ1) is 12.8. The second-order valence-corrected chi connectivity index (χ2v) is 5.20. The molecule has 4 nitrogen and oxygen atoms in total. The van der Waals surface area contributed by atoms with Crippen LogP contribution in [0.25, 0.3) is 0 Å².